The number of nitrogens with two attached hydrogens (primary N) is 1. The summed E-state index contributed by atoms with van der Waals surface area (Å²) in [6, 6.07) is 4.70. The summed E-state index contributed by atoms with van der Waals surface area (Å²) in [5, 5.41) is 0.589. The highest BCUT2D eigenvalue weighted by Gasteiger charge is 2.21. The van der Waals surface area contributed by atoms with Gasteiger partial charge in [0.05, 0.1) is 0 Å². The Labute approximate surface area is 100 Å². The van der Waals surface area contributed by atoms with Gasteiger partial charge in [0, 0.05) is 23.7 Å². The summed E-state index contributed by atoms with van der Waals surface area (Å²) in [7, 11) is 0. The zero-order chi connectivity index (χ0) is 11.5. The van der Waals surface area contributed by atoms with Crippen LogP contribution in [0.3, 0.4) is 0 Å². The number of hydrogen-bond acceptors (Lipinski definition) is 2. The second kappa shape index (κ2) is 5.13. The van der Waals surface area contributed by atoms with Gasteiger partial charge in [-0.15, -0.1) is 0 Å². The van der Waals surface area contributed by atoms with E-state index in [1.165, 1.54) is 6.07 Å². The third-order valence-electron chi connectivity index (χ3n) is 3.11. The molecule has 1 heterocycles. The predicted molar refractivity (Wildman–Crippen MR) is 63.8 cm³/mol. The molecular formula is C12H16ClFN2. The summed E-state index contributed by atoms with van der Waals surface area (Å²) < 4.78 is 13.5. The first-order valence-corrected chi connectivity index (χ1v) is 5.93. The van der Waals surface area contributed by atoms with Gasteiger partial charge in [0.1, 0.15) is 5.82 Å². The van der Waals surface area contributed by atoms with E-state index in [-0.39, 0.29) is 5.82 Å². The van der Waals surface area contributed by atoms with Crippen LogP contribution in [-0.2, 0) is 6.54 Å². The first-order valence-electron chi connectivity index (χ1n) is 5.55. The molecule has 1 aliphatic heterocycles. The van der Waals surface area contributed by atoms with Crippen LogP contribution in [0.25, 0.3) is 0 Å². The molecule has 1 aliphatic rings. The van der Waals surface area contributed by atoms with E-state index in [1.54, 1.807) is 12.1 Å². The van der Waals surface area contributed by atoms with Gasteiger partial charge in [-0.25, -0.2) is 4.39 Å². The summed E-state index contributed by atoms with van der Waals surface area (Å²) in [6.45, 7) is 3.30. The Balaban J connectivity index is 2.01. The number of benzene rings is 1. The lowest BCUT2D eigenvalue weighted by atomic mass is 10.1. The van der Waals surface area contributed by atoms with Crippen LogP contribution in [0, 0.1) is 11.7 Å². The summed E-state index contributed by atoms with van der Waals surface area (Å²) in [5.74, 6) is 0.378. The molecule has 0 amide bonds. The normalized spacial score (nSPS) is 21.6. The molecule has 2 N–H and O–H groups in total. The molecule has 88 valence electrons. The molecule has 0 bridgehead atoms. The molecule has 1 atom stereocenters. The number of rotatable bonds is 3. The van der Waals surface area contributed by atoms with Crippen molar-refractivity contribution in [3.8, 4) is 0 Å². The molecule has 1 unspecified atom stereocenters. The third kappa shape index (κ3) is 2.73. The monoisotopic (exact) mass is 242 g/mol. The predicted octanol–water partition coefficient (Wildman–Crippen LogP) is 2.26. The molecule has 0 radical (unpaired) electrons. The lowest BCUT2D eigenvalue weighted by Gasteiger charge is -2.16. The lowest BCUT2D eigenvalue weighted by Crippen LogP contribution is -2.23. The van der Waals surface area contributed by atoms with Crippen LogP contribution in [0.5, 0.6) is 0 Å². The molecular weight excluding hydrogens is 227 g/mol. The summed E-state index contributed by atoms with van der Waals surface area (Å²) >= 11 is 5.85. The van der Waals surface area contributed by atoms with Gasteiger partial charge in [0.15, 0.2) is 0 Å². The van der Waals surface area contributed by atoms with Crippen molar-refractivity contribution < 1.29 is 4.39 Å². The van der Waals surface area contributed by atoms with Crippen molar-refractivity contribution in [2.24, 2.45) is 11.7 Å². The zero-order valence-electron chi connectivity index (χ0n) is 9.13. The van der Waals surface area contributed by atoms with E-state index in [1.807, 2.05) is 0 Å². The number of nitrogens with zero attached hydrogens (tertiary/aromatic N) is 1. The lowest BCUT2D eigenvalue weighted by molar-refractivity contribution is 0.312. The minimum absolute atomic E-state index is 0.180. The van der Waals surface area contributed by atoms with Crippen molar-refractivity contribution in [2.45, 2.75) is 13.0 Å². The van der Waals surface area contributed by atoms with Gasteiger partial charge in [-0.2, -0.15) is 0 Å². The van der Waals surface area contributed by atoms with Crippen LogP contribution in [0.4, 0.5) is 4.39 Å². The second-order valence-electron chi connectivity index (χ2n) is 4.36. The van der Waals surface area contributed by atoms with Crippen LogP contribution in [0.1, 0.15) is 12.0 Å². The SMILES string of the molecule is NCC1CCN(Cc2cc(Cl)ccc2F)C1. The van der Waals surface area contributed by atoms with Crippen LogP contribution >= 0.6 is 11.6 Å². The Morgan fingerprint density at radius 2 is 2.31 bits per heavy atom. The van der Waals surface area contributed by atoms with Crippen LogP contribution in [0.15, 0.2) is 18.2 Å². The van der Waals surface area contributed by atoms with E-state index in [4.69, 9.17) is 17.3 Å². The molecule has 2 rings (SSSR count). The molecule has 16 heavy (non-hydrogen) atoms. The largest absolute Gasteiger partial charge is 0.330 e. The highest BCUT2D eigenvalue weighted by molar-refractivity contribution is 6.30. The number of halogens is 2. The van der Waals surface area contributed by atoms with Gasteiger partial charge in [0.25, 0.3) is 0 Å². The molecule has 1 fully saturated rings. The van der Waals surface area contributed by atoms with Gasteiger partial charge in [0.2, 0.25) is 0 Å². The summed E-state index contributed by atoms with van der Waals surface area (Å²) in [5.41, 5.74) is 6.29. The van der Waals surface area contributed by atoms with E-state index < -0.39 is 0 Å². The Hall–Kier alpha value is -0.640. The van der Waals surface area contributed by atoms with Crippen LogP contribution < -0.4 is 5.73 Å². The molecule has 0 saturated carbocycles. The fourth-order valence-corrected chi connectivity index (χ4v) is 2.35. The van der Waals surface area contributed by atoms with Crippen LogP contribution in [0.2, 0.25) is 5.02 Å². The maximum absolute atomic E-state index is 13.5. The highest BCUT2D eigenvalue weighted by atomic mass is 35.5. The minimum atomic E-state index is -0.180. The van der Waals surface area contributed by atoms with E-state index >= 15 is 0 Å². The molecule has 4 heteroatoms. The highest BCUT2D eigenvalue weighted by Crippen LogP contribution is 2.21. The maximum atomic E-state index is 13.5. The van der Waals surface area contributed by atoms with Gasteiger partial charge in [-0.05, 0) is 43.6 Å². The Morgan fingerprint density at radius 1 is 1.50 bits per heavy atom. The van der Waals surface area contributed by atoms with Crippen molar-refractivity contribution in [2.75, 3.05) is 19.6 Å². The standard InChI is InChI=1S/C12H16ClFN2/c13-11-1-2-12(14)10(5-11)8-16-4-3-9(6-15)7-16/h1-2,5,9H,3-4,6-8,15H2. The average Bonchev–Trinajstić information content (AvgIpc) is 2.71. The van der Waals surface area contributed by atoms with Crippen molar-refractivity contribution in [1.29, 1.82) is 0 Å². The topological polar surface area (TPSA) is 29.3 Å². The Kier molecular flexibility index (Phi) is 3.79. The zero-order valence-corrected chi connectivity index (χ0v) is 9.88. The molecule has 1 saturated heterocycles. The van der Waals surface area contributed by atoms with Crippen LogP contribution in [-0.4, -0.2) is 24.5 Å². The number of likely N-dealkylation sites (tertiary alicyclic amines) is 1. The molecule has 1 aromatic rings. The fourth-order valence-electron chi connectivity index (χ4n) is 2.15. The first-order chi connectivity index (χ1) is 7.69. The Morgan fingerprint density at radius 3 is 3.00 bits per heavy atom. The molecule has 2 nitrogen and oxygen atoms in total. The van der Waals surface area contributed by atoms with Gasteiger partial charge in [-0.3, -0.25) is 4.90 Å². The number of hydrogen-bond donors (Lipinski definition) is 1. The smallest absolute Gasteiger partial charge is 0.127 e. The summed E-state index contributed by atoms with van der Waals surface area (Å²) in [4.78, 5) is 2.23. The van der Waals surface area contributed by atoms with E-state index in [0.717, 1.165) is 19.5 Å². The van der Waals surface area contributed by atoms with E-state index in [0.29, 0.717) is 29.6 Å². The van der Waals surface area contributed by atoms with Crippen molar-refractivity contribution >= 4 is 11.6 Å². The van der Waals surface area contributed by atoms with Crippen molar-refractivity contribution in [3.05, 3.63) is 34.6 Å². The van der Waals surface area contributed by atoms with Gasteiger partial charge in [-0.1, -0.05) is 11.6 Å². The quantitative estimate of drug-likeness (QED) is 0.881. The average molecular weight is 243 g/mol. The van der Waals surface area contributed by atoms with Crippen molar-refractivity contribution in [3.63, 3.8) is 0 Å². The van der Waals surface area contributed by atoms with Gasteiger partial charge < -0.3 is 5.73 Å². The van der Waals surface area contributed by atoms with E-state index in [2.05, 4.69) is 4.90 Å². The molecule has 0 spiro atoms. The maximum Gasteiger partial charge on any atom is 0.127 e. The van der Waals surface area contributed by atoms with E-state index in [9.17, 15) is 4.39 Å². The van der Waals surface area contributed by atoms with Gasteiger partial charge >= 0.3 is 0 Å². The third-order valence-corrected chi connectivity index (χ3v) is 3.34. The fraction of sp³-hybridized carbons (Fsp3) is 0.500. The second-order valence-corrected chi connectivity index (χ2v) is 4.80. The molecule has 0 aromatic heterocycles. The van der Waals surface area contributed by atoms with Crippen molar-refractivity contribution in [1.82, 2.24) is 4.90 Å². The minimum Gasteiger partial charge on any atom is -0.330 e. The Bertz CT molecular complexity index is 370. The summed E-state index contributed by atoms with van der Waals surface area (Å²) in [6.07, 6.45) is 1.11. The molecule has 0 aliphatic carbocycles. The molecule has 1 aromatic carbocycles. The first kappa shape index (κ1) is 11.8.